The lowest BCUT2D eigenvalue weighted by atomic mass is 9.89. The number of fused-ring (bicyclic) bond motifs is 1. The first kappa shape index (κ1) is 13.1. The monoisotopic (exact) mass is 335 g/mol. The highest BCUT2D eigenvalue weighted by molar-refractivity contribution is 9.10. The number of Topliss-reactive ketones (excluding diaryl/α,β-unsaturated/α-hetero) is 1. The van der Waals surface area contributed by atoms with Crippen molar-refractivity contribution in [3.8, 4) is 0 Å². The fourth-order valence-electron chi connectivity index (χ4n) is 2.25. The summed E-state index contributed by atoms with van der Waals surface area (Å²) < 4.78 is 5.71. The summed E-state index contributed by atoms with van der Waals surface area (Å²) in [6.07, 6.45) is 1.01. The maximum absolute atomic E-state index is 12.1. The standard InChI is InChI=1S/C14H10BrNO4/c15-8-3-4-10-9(6-8)14(19,13(18)16-10)7-11(17)12-2-1-5-20-12/h1-6,19H,7H2,(H,16,18)/t14-/m1/s1. The highest BCUT2D eigenvalue weighted by atomic mass is 79.9. The van der Waals surface area contributed by atoms with Gasteiger partial charge in [-0.2, -0.15) is 0 Å². The topological polar surface area (TPSA) is 79.5 Å². The number of hydrogen-bond acceptors (Lipinski definition) is 4. The van der Waals surface area contributed by atoms with E-state index >= 15 is 0 Å². The Morgan fingerprint density at radius 3 is 2.90 bits per heavy atom. The molecule has 2 N–H and O–H groups in total. The van der Waals surface area contributed by atoms with Crippen LogP contribution in [-0.4, -0.2) is 16.8 Å². The van der Waals surface area contributed by atoms with Crippen LogP contribution in [0.5, 0.6) is 0 Å². The summed E-state index contributed by atoms with van der Waals surface area (Å²) >= 11 is 3.29. The Bertz CT molecular complexity index is 695. The van der Waals surface area contributed by atoms with Gasteiger partial charge in [-0.15, -0.1) is 0 Å². The number of nitrogens with one attached hydrogen (secondary N) is 1. The number of furan rings is 1. The summed E-state index contributed by atoms with van der Waals surface area (Å²) in [7, 11) is 0. The van der Waals surface area contributed by atoms with Crippen molar-refractivity contribution in [3.63, 3.8) is 0 Å². The number of rotatable bonds is 3. The Morgan fingerprint density at radius 1 is 1.40 bits per heavy atom. The number of anilines is 1. The van der Waals surface area contributed by atoms with E-state index in [1.807, 2.05) is 0 Å². The van der Waals surface area contributed by atoms with Crippen molar-refractivity contribution in [3.05, 3.63) is 52.4 Å². The number of hydrogen-bond donors (Lipinski definition) is 2. The highest BCUT2D eigenvalue weighted by Gasteiger charge is 2.47. The summed E-state index contributed by atoms with van der Waals surface area (Å²) in [5.41, 5.74) is -0.979. The summed E-state index contributed by atoms with van der Waals surface area (Å²) in [6.45, 7) is 0. The molecule has 0 bridgehead atoms. The van der Waals surface area contributed by atoms with Gasteiger partial charge < -0.3 is 14.8 Å². The molecule has 1 aromatic carbocycles. The molecule has 0 aliphatic carbocycles. The molecular formula is C14H10BrNO4. The fraction of sp³-hybridized carbons (Fsp3) is 0.143. The molecule has 2 heterocycles. The molecule has 1 amide bonds. The van der Waals surface area contributed by atoms with Crippen LogP contribution < -0.4 is 5.32 Å². The van der Waals surface area contributed by atoms with Crippen LogP contribution in [0, 0.1) is 0 Å². The quantitative estimate of drug-likeness (QED) is 0.844. The Labute approximate surface area is 122 Å². The van der Waals surface area contributed by atoms with E-state index in [0.717, 1.165) is 4.47 Å². The van der Waals surface area contributed by atoms with Gasteiger partial charge in [-0.1, -0.05) is 15.9 Å². The lowest BCUT2D eigenvalue weighted by Gasteiger charge is -2.19. The van der Waals surface area contributed by atoms with Crippen molar-refractivity contribution in [1.29, 1.82) is 0 Å². The summed E-state index contributed by atoms with van der Waals surface area (Å²) in [4.78, 5) is 24.1. The summed E-state index contributed by atoms with van der Waals surface area (Å²) in [5.74, 6) is -0.916. The van der Waals surface area contributed by atoms with Gasteiger partial charge in [-0.25, -0.2) is 0 Å². The third kappa shape index (κ3) is 1.97. The van der Waals surface area contributed by atoms with Crippen molar-refractivity contribution in [2.45, 2.75) is 12.0 Å². The predicted octanol–water partition coefficient (Wildman–Crippen LogP) is 2.45. The summed E-state index contributed by atoms with van der Waals surface area (Å²) in [6, 6.07) is 8.13. The van der Waals surface area contributed by atoms with Gasteiger partial charge in [0.2, 0.25) is 5.78 Å². The average molecular weight is 336 g/mol. The minimum Gasteiger partial charge on any atom is -0.461 e. The SMILES string of the molecule is O=C(C[C@]1(O)C(=O)Nc2ccc(Br)cc21)c1ccco1. The van der Waals surface area contributed by atoms with Crippen molar-refractivity contribution in [2.24, 2.45) is 0 Å². The Hall–Kier alpha value is -1.92. The van der Waals surface area contributed by atoms with E-state index in [4.69, 9.17) is 4.42 Å². The predicted molar refractivity (Wildman–Crippen MR) is 74.3 cm³/mol. The molecule has 1 aliphatic rings. The Kier molecular flexibility index (Phi) is 2.99. The zero-order chi connectivity index (χ0) is 14.3. The summed E-state index contributed by atoms with van der Waals surface area (Å²) in [5, 5.41) is 13.2. The fourth-order valence-corrected chi connectivity index (χ4v) is 2.61. The number of halogens is 1. The molecule has 0 fully saturated rings. The van der Waals surface area contributed by atoms with E-state index in [1.165, 1.54) is 12.3 Å². The molecule has 3 rings (SSSR count). The molecular weight excluding hydrogens is 326 g/mol. The van der Waals surface area contributed by atoms with Gasteiger partial charge in [-0.3, -0.25) is 9.59 Å². The molecule has 1 atom stereocenters. The lowest BCUT2D eigenvalue weighted by Crippen LogP contribution is -2.36. The van der Waals surface area contributed by atoms with Gasteiger partial charge in [0.15, 0.2) is 11.4 Å². The number of amides is 1. The first-order valence-electron chi connectivity index (χ1n) is 5.91. The third-order valence-electron chi connectivity index (χ3n) is 3.26. The van der Waals surface area contributed by atoms with Crippen LogP contribution in [0.4, 0.5) is 5.69 Å². The van der Waals surface area contributed by atoms with Crippen LogP contribution in [-0.2, 0) is 10.4 Å². The van der Waals surface area contributed by atoms with Crippen LogP contribution in [0.15, 0.2) is 45.5 Å². The molecule has 6 heteroatoms. The van der Waals surface area contributed by atoms with E-state index in [1.54, 1.807) is 24.3 Å². The van der Waals surface area contributed by atoms with Gasteiger partial charge in [0.05, 0.1) is 12.7 Å². The number of carbonyl (C=O) groups is 2. The molecule has 20 heavy (non-hydrogen) atoms. The van der Waals surface area contributed by atoms with Gasteiger partial charge in [0.1, 0.15) is 0 Å². The minimum atomic E-state index is -1.87. The van der Waals surface area contributed by atoms with Gasteiger partial charge >= 0.3 is 0 Å². The van der Waals surface area contributed by atoms with E-state index in [2.05, 4.69) is 21.2 Å². The lowest BCUT2D eigenvalue weighted by molar-refractivity contribution is -0.133. The van der Waals surface area contributed by atoms with E-state index in [9.17, 15) is 14.7 Å². The van der Waals surface area contributed by atoms with Gasteiger partial charge in [-0.05, 0) is 30.3 Å². The molecule has 102 valence electrons. The number of aliphatic hydroxyl groups is 1. The first-order chi connectivity index (χ1) is 9.50. The molecule has 1 aliphatic heterocycles. The largest absolute Gasteiger partial charge is 0.461 e. The molecule has 2 aromatic rings. The second kappa shape index (κ2) is 4.57. The zero-order valence-corrected chi connectivity index (χ0v) is 11.8. The molecule has 5 nitrogen and oxygen atoms in total. The van der Waals surface area contributed by atoms with Crippen molar-refractivity contribution in [1.82, 2.24) is 0 Å². The zero-order valence-electron chi connectivity index (χ0n) is 10.2. The van der Waals surface area contributed by atoms with Crippen LogP contribution in [0.25, 0.3) is 0 Å². The average Bonchev–Trinajstić information content (AvgIpc) is 3.00. The number of ketones is 1. The maximum Gasteiger partial charge on any atom is 0.261 e. The normalized spacial score (nSPS) is 20.6. The maximum atomic E-state index is 12.1. The molecule has 0 saturated heterocycles. The van der Waals surface area contributed by atoms with Crippen LogP contribution in [0.2, 0.25) is 0 Å². The highest BCUT2D eigenvalue weighted by Crippen LogP contribution is 2.40. The molecule has 1 aromatic heterocycles. The van der Waals surface area contributed by atoms with E-state index in [0.29, 0.717) is 11.3 Å². The Morgan fingerprint density at radius 2 is 2.20 bits per heavy atom. The second-order valence-corrected chi connectivity index (χ2v) is 5.50. The van der Waals surface area contributed by atoms with E-state index in [-0.39, 0.29) is 12.2 Å². The third-order valence-corrected chi connectivity index (χ3v) is 3.76. The number of benzene rings is 1. The van der Waals surface area contributed by atoms with Gasteiger partial charge in [0, 0.05) is 15.7 Å². The van der Waals surface area contributed by atoms with Crippen LogP contribution >= 0.6 is 15.9 Å². The number of carbonyl (C=O) groups excluding carboxylic acids is 2. The smallest absolute Gasteiger partial charge is 0.261 e. The van der Waals surface area contributed by atoms with Gasteiger partial charge in [0.25, 0.3) is 5.91 Å². The Balaban J connectivity index is 1.98. The molecule has 0 spiro atoms. The van der Waals surface area contributed by atoms with E-state index < -0.39 is 17.3 Å². The first-order valence-corrected chi connectivity index (χ1v) is 6.70. The van der Waals surface area contributed by atoms with Crippen molar-refractivity contribution < 1.29 is 19.1 Å². The van der Waals surface area contributed by atoms with Crippen LogP contribution in [0.3, 0.4) is 0 Å². The molecule has 0 radical (unpaired) electrons. The molecule has 0 saturated carbocycles. The van der Waals surface area contributed by atoms with Crippen molar-refractivity contribution >= 4 is 33.3 Å². The van der Waals surface area contributed by atoms with Crippen molar-refractivity contribution in [2.75, 3.05) is 5.32 Å². The van der Waals surface area contributed by atoms with Crippen LogP contribution in [0.1, 0.15) is 22.5 Å². The molecule has 0 unspecified atom stereocenters. The second-order valence-electron chi connectivity index (χ2n) is 4.58. The minimum absolute atomic E-state index is 0.120.